The Morgan fingerprint density at radius 3 is 1.45 bits per heavy atom. The van der Waals surface area contributed by atoms with Gasteiger partial charge in [0.15, 0.2) is 18.3 Å². The Kier molecular flexibility index (Phi) is 16.7. The van der Waals surface area contributed by atoms with E-state index in [2.05, 4.69) is 5.32 Å². The van der Waals surface area contributed by atoms with Gasteiger partial charge in [-0.1, -0.05) is 0 Å². The fraction of sp³-hybridized carbons (Fsp3) is 0.784. The SMILES string of the molecule is CC(=O)N[C@H]1[C@H](OC(=O)C(C)(C)C)O[C@H](COC(=O)C(C)(C)C)[C@H](S[C@@H]2O[C@H](COC(C)=O)[C@@H](OC(C)=O)[C@H](OC(C)=O)[C@H]2OC(C)=O)[C@@H]1OC(=O)C(C)(C)C. The second-order valence-corrected chi connectivity index (χ2v) is 17.8. The molecule has 0 radical (unpaired) electrons. The maximum atomic E-state index is 13.7. The molecule has 10 atom stereocenters. The van der Waals surface area contributed by atoms with Crippen molar-refractivity contribution in [3.05, 3.63) is 0 Å². The van der Waals surface area contributed by atoms with Crippen molar-refractivity contribution in [2.24, 2.45) is 16.2 Å². The number of nitrogens with one attached hydrogen (secondary N) is 1. The monoisotopic (exact) mass is 819 g/mol. The number of rotatable bonds is 12. The van der Waals surface area contributed by atoms with Crippen molar-refractivity contribution >= 4 is 59.5 Å². The summed E-state index contributed by atoms with van der Waals surface area (Å²) in [5, 5.41) is 1.45. The summed E-state index contributed by atoms with van der Waals surface area (Å²) < 4.78 is 52.2. The molecule has 0 unspecified atom stereocenters. The van der Waals surface area contributed by atoms with Gasteiger partial charge in [0.25, 0.3) is 0 Å². The highest BCUT2D eigenvalue weighted by molar-refractivity contribution is 8.00. The van der Waals surface area contributed by atoms with E-state index in [1.807, 2.05) is 0 Å². The normalized spacial score (nSPS) is 28.1. The Labute approximate surface area is 331 Å². The largest absolute Gasteiger partial charge is 0.463 e. The molecular formula is C37H57NO17S. The Morgan fingerprint density at radius 1 is 0.518 bits per heavy atom. The molecule has 1 N–H and O–H groups in total. The van der Waals surface area contributed by atoms with E-state index < -0.39 is 137 Å². The molecule has 0 bridgehead atoms. The standard InChI is InChI=1S/C37H57NO17S/c1-17(39)38-24-26(54-33(45)36(9,10)11)29(23(16-48-32(44)35(6,7)8)52-30(24)55-34(46)37(12,13)14)56-31-28(51-21(5)43)27(50-20(4)42)25(49-19(3)41)22(53-31)15-47-18(2)40/h22-31H,15-16H2,1-14H3,(H,38,39)/t22-,23-,24-,25-,26-,27+,28-,29+,30+,31+/m1/s1. The van der Waals surface area contributed by atoms with Gasteiger partial charge >= 0.3 is 41.8 Å². The molecule has 2 aliphatic rings. The van der Waals surface area contributed by atoms with Crippen LogP contribution in [0.4, 0.5) is 0 Å². The maximum Gasteiger partial charge on any atom is 0.313 e. The first-order chi connectivity index (χ1) is 25.5. The van der Waals surface area contributed by atoms with Gasteiger partial charge in [-0.2, -0.15) is 0 Å². The number of thioether (sulfide) groups is 1. The van der Waals surface area contributed by atoms with Gasteiger partial charge in [-0.3, -0.25) is 38.4 Å². The topological polar surface area (TPSA) is 232 Å². The zero-order valence-corrected chi connectivity index (χ0v) is 35.4. The molecule has 2 aliphatic heterocycles. The maximum absolute atomic E-state index is 13.7. The van der Waals surface area contributed by atoms with Crippen LogP contribution in [0.1, 0.15) is 96.9 Å². The molecule has 0 saturated carbocycles. The molecule has 19 heteroatoms. The van der Waals surface area contributed by atoms with Crippen molar-refractivity contribution in [3.8, 4) is 0 Å². The summed E-state index contributed by atoms with van der Waals surface area (Å²) in [6.07, 6.45) is -10.3. The number of hydrogen-bond donors (Lipinski definition) is 1. The van der Waals surface area contributed by atoms with Crippen molar-refractivity contribution in [2.75, 3.05) is 13.2 Å². The number of ether oxygens (including phenoxy) is 9. The highest BCUT2D eigenvalue weighted by Gasteiger charge is 2.57. The number of amides is 1. The van der Waals surface area contributed by atoms with Crippen molar-refractivity contribution in [1.82, 2.24) is 5.32 Å². The molecule has 2 rings (SSSR count). The number of carbonyl (C=O) groups is 8. The molecule has 2 heterocycles. The minimum Gasteiger partial charge on any atom is -0.463 e. The van der Waals surface area contributed by atoms with Crippen LogP contribution < -0.4 is 5.32 Å². The average molecular weight is 820 g/mol. The third kappa shape index (κ3) is 14.2. The molecule has 18 nitrogen and oxygen atoms in total. The molecule has 318 valence electrons. The van der Waals surface area contributed by atoms with E-state index in [1.165, 1.54) is 6.92 Å². The molecule has 0 spiro atoms. The van der Waals surface area contributed by atoms with Crippen molar-refractivity contribution < 1.29 is 81.0 Å². The Morgan fingerprint density at radius 2 is 0.982 bits per heavy atom. The molecule has 56 heavy (non-hydrogen) atoms. The summed E-state index contributed by atoms with van der Waals surface area (Å²) >= 11 is 0.810. The fourth-order valence-electron chi connectivity index (χ4n) is 5.24. The highest BCUT2D eigenvalue weighted by atomic mass is 32.2. The van der Waals surface area contributed by atoms with Gasteiger partial charge in [-0.15, -0.1) is 11.8 Å². The van der Waals surface area contributed by atoms with E-state index in [1.54, 1.807) is 62.3 Å². The van der Waals surface area contributed by atoms with E-state index in [9.17, 15) is 38.4 Å². The van der Waals surface area contributed by atoms with Gasteiger partial charge in [0.1, 0.15) is 43.0 Å². The molecule has 0 aromatic heterocycles. The van der Waals surface area contributed by atoms with Gasteiger partial charge < -0.3 is 47.9 Å². The van der Waals surface area contributed by atoms with Crippen LogP contribution in [-0.2, 0) is 81.0 Å². The highest BCUT2D eigenvalue weighted by Crippen LogP contribution is 2.42. The van der Waals surface area contributed by atoms with Crippen molar-refractivity contribution in [3.63, 3.8) is 0 Å². The second-order valence-electron chi connectivity index (χ2n) is 16.6. The lowest BCUT2D eigenvalue weighted by Crippen LogP contribution is -2.67. The van der Waals surface area contributed by atoms with Crippen LogP contribution >= 0.6 is 11.8 Å². The zero-order valence-electron chi connectivity index (χ0n) is 34.5. The predicted octanol–water partition coefficient (Wildman–Crippen LogP) is 2.54. The first-order valence-electron chi connectivity index (χ1n) is 18.0. The summed E-state index contributed by atoms with van der Waals surface area (Å²) in [6, 6.07) is -1.39. The Balaban J connectivity index is 2.91. The molecular weight excluding hydrogens is 762 g/mol. The molecule has 2 saturated heterocycles. The number of hydrogen-bond acceptors (Lipinski definition) is 18. The van der Waals surface area contributed by atoms with E-state index >= 15 is 0 Å². The van der Waals surface area contributed by atoms with Gasteiger partial charge in [-0.25, -0.2) is 0 Å². The van der Waals surface area contributed by atoms with E-state index in [4.69, 9.17) is 42.6 Å². The first-order valence-corrected chi connectivity index (χ1v) is 18.9. The van der Waals surface area contributed by atoms with Gasteiger partial charge in [0.2, 0.25) is 12.2 Å². The predicted molar refractivity (Wildman–Crippen MR) is 195 cm³/mol. The van der Waals surface area contributed by atoms with Crippen LogP contribution in [0.5, 0.6) is 0 Å². The van der Waals surface area contributed by atoms with Gasteiger partial charge in [-0.05, 0) is 62.3 Å². The molecule has 0 aromatic rings. The lowest BCUT2D eigenvalue weighted by molar-refractivity contribution is -0.244. The number of esters is 7. The van der Waals surface area contributed by atoms with Crippen LogP contribution in [0, 0.1) is 16.2 Å². The lowest BCUT2D eigenvalue weighted by Gasteiger charge is -2.49. The average Bonchev–Trinajstić information content (AvgIpc) is 3.01. The second kappa shape index (κ2) is 19.5. The summed E-state index contributed by atoms with van der Waals surface area (Å²) in [5.41, 5.74) is -4.58. The van der Waals surface area contributed by atoms with Crippen LogP contribution in [0.2, 0.25) is 0 Å². The van der Waals surface area contributed by atoms with Crippen LogP contribution in [0.15, 0.2) is 0 Å². The molecule has 0 aliphatic carbocycles. The zero-order chi connectivity index (χ0) is 43.1. The molecule has 0 aromatic carbocycles. The summed E-state index contributed by atoms with van der Waals surface area (Å²) in [4.78, 5) is 102. The first kappa shape index (κ1) is 48.2. The third-order valence-electron chi connectivity index (χ3n) is 7.94. The summed E-state index contributed by atoms with van der Waals surface area (Å²) in [5.74, 6) is -6.05. The lowest BCUT2D eigenvalue weighted by atomic mass is 9.94. The quantitative estimate of drug-likeness (QED) is 0.220. The minimum atomic E-state index is -1.60. The van der Waals surface area contributed by atoms with E-state index in [-0.39, 0.29) is 0 Å². The van der Waals surface area contributed by atoms with Crippen LogP contribution in [0.3, 0.4) is 0 Å². The smallest absolute Gasteiger partial charge is 0.313 e. The van der Waals surface area contributed by atoms with Crippen LogP contribution in [-0.4, -0.2) is 121 Å². The van der Waals surface area contributed by atoms with Gasteiger partial charge in [0.05, 0.1) is 21.5 Å². The van der Waals surface area contributed by atoms with Crippen molar-refractivity contribution in [1.29, 1.82) is 0 Å². The molecule has 2 fully saturated rings. The van der Waals surface area contributed by atoms with E-state index in [0.717, 1.165) is 39.5 Å². The van der Waals surface area contributed by atoms with Crippen molar-refractivity contribution in [2.45, 2.75) is 157 Å². The molecule has 1 amide bonds. The Hall–Kier alpha value is -3.97. The van der Waals surface area contributed by atoms with Crippen LogP contribution in [0.25, 0.3) is 0 Å². The minimum absolute atomic E-state index is 0.515. The number of carbonyl (C=O) groups excluding carboxylic acids is 8. The van der Waals surface area contributed by atoms with Gasteiger partial charge in [0, 0.05) is 34.6 Å². The summed E-state index contributed by atoms with van der Waals surface area (Å²) in [6.45, 7) is 18.9. The third-order valence-corrected chi connectivity index (χ3v) is 9.47. The fourth-order valence-corrected chi connectivity index (χ4v) is 6.82. The van der Waals surface area contributed by atoms with E-state index in [0.29, 0.717) is 0 Å². The summed E-state index contributed by atoms with van der Waals surface area (Å²) in [7, 11) is 0. The Bertz CT molecular complexity index is 1480.